The molecule has 0 radical (unpaired) electrons. The molecule has 1 atom stereocenters. The van der Waals surface area contributed by atoms with Crippen molar-refractivity contribution < 1.29 is 9.13 Å². The minimum absolute atomic E-state index is 0.173. The Morgan fingerprint density at radius 3 is 2.81 bits per heavy atom. The molecule has 16 heavy (non-hydrogen) atoms. The van der Waals surface area contributed by atoms with Crippen LogP contribution in [0.5, 0.6) is 5.75 Å². The molecule has 88 valence electrons. The highest BCUT2D eigenvalue weighted by Gasteiger charge is 2.12. The molecule has 1 aromatic rings. The fourth-order valence-corrected chi connectivity index (χ4v) is 1.76. The minimum atomic E-state index is -0.393. The molecule has 0 aliphatic rings. The van der Waals surface area contributed by atoms with Gasteiger partial charge in [0.1, 0.15) is 6.10 Å². The van der Waals surface area contributed by atoms with E-state index in [1.54, 1.807) is 12.1 Å². The predicted molar refractivity (Wildman–Crippen MR) is 70.2 cm³/mol. The van der Waals surface area contributed by atoms with Gasteiger partial charge >= 0.3 is 0 Å². The fraction of sp³-hybridized carbons (Fsp3) is 0.364. The van der Waals surface area contributed by atoms with Gasteiger partial charge in [-0.25, -0.2) is 4.39 Å². The average molecular weight is 306 g/mol. The van der Waals surface area contributed by atoms with Crippen LogP contribution < -0.4 is 10.5 Å². The van der Waals surface area contributed by atoms with E-state index in [-0.39, 0.29) is 11.9 Å². The first-order valence-electron chi connectivity index (χ1n) is 4.93. The van der Waals surface area contributed by atoms with Gasteiger partial charge in [0.15, 0.2) is 11.6 Å². The Labute approximate surface area is 108 Å². The van der Waals surface area contributed by atoms with Crippen molar-refractivity contribution in [3.8, 4) is 5.75 Å². The van der Waals surface area contributed by atoms with Gasteiger partial charge in [0.05, 0.1) is 4.99 Å². The zero-order valence-corrected chi connectivity index (χ0v) is 11.3. The van der Waals surface area contributed by atoms with Crippen LogP contribution in [-0.4, -0.2) is 11.1 Å². The molecule has 0 saturated carbocycles. The van der Waals surface area contributed by atoms with E-state index in [9.17, 15) is 4.39 Å². The molecule has 2 nitrogen and oxygen atoms in total. The Balaban J connectivity index is 2.73. The molecule has 0 aliphatic heterocycles. The lowest BCUT2D eigenvalue weighted by atomic mass is 10.2. The van der Waals surface area contributed by atoms with Crippen molar-refractivity contribution >= 4 is 33.1 Å². The SMILES string of the molecule is CCC(CC(N)=S)Oc1ccc(Br)cc1F. The molecule has 0 fully saturated rings. The van der Waals surface area contributed by atoms with Gasteiger partial charge in [-0.2, -0.15) is 0 Å². The Hall–Kier alpha value is -0.680. The summed E-state index contributed by atoms with van der Waals surface area (Å²) >= 11 is 7.99. The van der Waals surface area contributed by atoms with E-state index >= 15 is 0 Å². The Morgan fingerprint density at radius 1 is 1.62 bits per heavy atom. The molecule has 0 saturated heterocycles. The molecule has 0 aliphatic carbocycles. The van der Waals surface area contributed by atoms with Gasteiger partial charge in [-0.1, -0.05) is 35.1 Å². The van der Waals surface area contributed by atoms with Crippen LogP contribution in [0.2, 0.25) is 0 Å². The van der Waals surface area contributed by atoms with Gasteiger partial charge < -0.3 is 10.5 Å². The summed E-state index contributed by atoms with van der Waals surface area (Å²) in [5.74, 6) is -0.165. The Morgan fingerprint density at radius 2 is 2.31 bits per heavy atom. The summed E-state index contributed by atoms with van der Waals surface area (Å²) in [7, 11) is 0. The van der Waals surface area contributed by atoms with Crippen molar-refractivity contribution in [3.63, 3.8) is 0 Å². The first-order chi connectivity index (χ1) is 7.52. The van der Waals surface area contributed by atoms with Crippen LogP contribution in [0.15, 0.2) is 22.7 Å². The molecule has 0 aromatic heterocycles. The van der Waals surface area contributed by atoms with E-state index in [0.717, 1.165) is 6.42 Å². The third-order valence-corrected chi connectivity index (χ3v) is 2.73. The van der Waals surface area contributed by atoms with Crippen LogP contribution in [0.1, 0.15) is 19.8 Å². The van der Waals surface area contributed by atoms with Gasteiger partial charge in [0.2, 0.25) is 0 Å². The number of halogens is 2. The topological polar surface area (TPSA) is 35.2 Å². The standard InChI is InChI=1S/C11H13BrFNOS/c1-2-8(6-11(14)16)15-10-4-3-7(12)5-9(10)13/h3-5,8H,2,6H2,1H3,(H2,14,16). The predicted octanol–water partition coefficient (Wildman–Crippen LogP) is 3.42. The lowest BCUT2D eigenvalue weighted by Gasteiger charge is -2.17. The number of hydrogen-bond acceptors (Lipinski definition) is 2. The smallest absolute Gasteiger partial charge is 0.166 e. The Bertz CT molecular complexity index is 386. The molecule has 0 amide bonds. The van der Waals surface area contributed by atoms with E-state index in [1.165, 1.54) is 6.07 Å². The molecule has 1 rings (SSSR count). The van der Waals surface area contributed by atoms with E-state index in [1.807, 2.05) is 6.92 Å². The quantitative estimate of drug-likeness (QED) is 0.847. The second-order valence-electron chi connectivity index (χ2n) is 3.39. The first kappa shape index (κ1) is 13.4. The molecule has 1 unspecified atom stereocenters. The van der Waals surface area contributed by atoms with Gasteiger partial charge in [0, 0.05) is 10.9 Å². The number of hydrogen-bond donors (Lipinski definition) is 1. The summed E-state index contributed by atoms with van der Waals surface area (Å²) < 4.78 is 19.6. The van der Waals surface area contributed by atoms with Crippen molar-refractivity contribution in [1.29, 1.82) is 0 Å². The summed E-state index contributed by atoms with van der Waals surface area (Å²) in [6, 6.07) is 4.68. The number of thiocarbonyl (C=S) groups is 1. The molecule has 0 heterocycles. The summed E-state index contributed by atoms with van der Waals surface area (Å²) in [6.45, 7) is 1.94. The van der Waals surface area contributed by atoms with Crippen molar-refractivity contribution in [2.24, 2.45) is 5.73 Å². The number of rotatable bonds is 5. The van der Waals surface area contributed by atoms with Gasteiger partial charge in [-0.3, -0.25) is 0 Å². The van der Waals surface area contributed by atoms with E-state index in [2.05, 4.69) is 15.9 Å². The average Bonchev–Trinajstić information content (AvgIpc) is 2.20. The van der Waals surface area contributed by atoms with Crippen molar-refractivity contribution in [2.45, 2.75) is 25.9 Å². The summed E-state index contributed by atoms with van der Waals surface area (Å²) in [5.41, 5.74) is 5.43. The van der Waals surface area contributed by atoms with Crippen molar-refractivity contribution in [1.82, 2.24) is 0 Å². The zero-order valence-electron chi connectivity index (χ0n) is 8.87. The molecule has 1 aromatic carbocycles. The van der Waals surface area contributed by atoms with Crippen LogP contribution >= 0.6 is 28.1 Å². The third-order valence-electron chi connectivity index (χ3n) is 2.07. The molecular weight excluding hydrogens is 293 g/mol. The summed E-state index contributed by atoms with van der Waals surface area (Å²) in [6.07, 6.45) is 1.02. The van der Waals surface area contributed by atoms with E-state index < -0.39 is 5.82 Å². The van der Waals surface area contributed by atoms with E-state index in [0.29, 0.717) is 15.9 Å². The van der Waals surface area contributed by atoms with Crippen LogP contribution in [0, 0.1) is 5.82 Å². The third kappa shape index (κ3) is 4.06. The second-order valence-corrected chi connectivity index (χ2v) is 4.83. The number of ether oxygens (including phenoxy) is 1. The Kier molecular flexibility index (Phi) is 5.15. The lowest BCUT2D eigenvalue weighted by molar-refractivity contribution is 0.196. The maximum Gasteiger partial charge on any atom is 0.166 e. The maximum absolute atomic E-state index is 13.5. The highest BCUT2D eigenvalue weighted by molar-refractivity contribution is 9.10. The largest absolute Gasteiger partial charge is 0.487 e. The van der Waals surface area contributed by atoms with Gasteiger partial charge in [-0.15, -0.1) is 0 Å². The number of nitrogens with two attached hydrogens (primary N) is 1. The van der Waals surface area contributed by atoms with Crippen LogP contribution in [0.25, 0.3) is 0 Å². The van der Waals surface area contributed by atoms with Crippen LogP contribution in [0.4, 0.5) is 4.39 Å². The molecular formula is C11H13BrFNOS. The summed E-state index contributed by atoms with van der Waals surface area (Å²) in [4.78, 5) is 0.379. The van der Waals surface area contributed by atoms with E-state index in [4.69, 9.17) is 22.7 Å². The molecule has 0 bridgehead atoms. The maximum atomic E-state index is 13.5. The highest BCUT2D eigenvalue weighted by atomic mass is 79.9. The monoisotopic (exact) mass is 305 g/mol. The first-order valence-corrected chi connectivity index (χ1v) is 6.13. The van der Waals surface area contributed by atoms with Gasteiger partial charge in [-0.05, 0) is 24.6 Å². The number of benzene rings is 1. The van der Waals surface area contributed by atoms with Crippen LogP contribution in [-0.2, 0) is 0 Å². The molecule has 5 heteroatoms. The van der Waals surface area contributed by atoms with Gasteiger partial charge in [0.25, 0.3) is 0 Å². The molecule has 0 spiro atoms. The van der Waals surface area contributed by atoms with Crippen LogP contribution in [0.3, 0.4) is 0 Å². The minimum Gasteiger partial charge on any atom is -0.487 e. The zero-order chi connectivity index (χ0) is 12.1. The van der Waals surface area contributed by atoms with Crippen molar-refractivity contribution in [2.75, 3.05) is 0 Å². The summed E-state index contributed by atoms with van der Waals surface area (Å²) in [5, 5.41) is 0. The second kappa shape index (κ2) is 6.15. The van der Waals surface area contributed by atoms with Crippen molar-refractivity contribution in [3.05, 3.63) is 28.5 Å². The molecule has 2 N–H and O–H groups in total. The lowest BCUT2D eigenvalue weighted by Crippen LogP contribution is -2.23. The highest BCUT2D eigenvalue weighted by Crippen LogP contribution is 2.23. The fourth-order valence-electron chi connectivity index (χ4n) is 1.24. The normalized spacial score (nSPS) is 12.2.